The number of hydrogen-bond donors (Lipinski definition) is 3. The Kier molecular flexibility index (Phi) is 7.34. The summed E-state index contributed by atoms with van der Waals surface area (Å²) < 4.78 is 0. The number of amides is 1. The second-order valence-electron chi connectivity index (χ2n) is 4.31. The van der Waals surface area contributed by atoms with Crippen molar-refractivity contribution < 1.29 is 9.90 Å². The quantitative estimate of drug-likeness (QED) is 0.584. The van der Waals surface area contributed by atoms with Crippen LogP contribution in [0.25, 0.3) is 0 Å². The van der Waals surface area contributed by atoms with Gasteiger partial charge in [-0.3, -0.25) is 4.79 Å². The van der Waals surface area contributed by atoms with Crippen molar-refractivity contribution in [2.75, 3.05) is 6.54 Å². The third-order valence-corrected chi connectivity index (χ3v) is 2.55. The van der Waals surface area contributed by atoms with Crippen LogP contribution < -0.4 is 11.1 Å². The molecule has 0 aliphatic carbocycles. The van der Waals surface area contributed by atoms with E-state index >= 15 is 0 Å². The molecule has 0 aromatic carbocycles. The van der Waals surface area contributed by atoms with Gasteiger partial charge in [-0.15, -0.1) is 0 Å². The second-order valence-corrected chi connectivity index (χ2v) is 4.31. The van der Waals surface area contributed by atoms with Crippen molar-refractivity contribution in [3.63, 3.8) is 0 Å². The molecule has 90 valence electrons. The van der Waals surface area contributed by atoms with E-state index in [1.165, 1.54) is 0 Å². The van der Waals surface area contributed by atoms with Gasteiger partial charge in [-0.05, 0) is 18.8 Å². The maximum atomic E-state index is 11.4. The SMILES string of the molecule is CCC(O)CCNC(=O)CC(N)C(C)C. The van der Waals surface area contributed by atoms with E-state index < -0.39 is 0 Å². The third-order valence-electron chi connectivity index (χ3n) is 2.55. The maximum Gasteiger partial charge on any atom is 0.221 e. The summed E-state index contributed by atoms with van der Waals surface area (Å²) in [7, 11) is 0. The minimum absolute atomic E-state index is 0.0282. The zero-order valence-corrected chi connectivity index (χ0v) is 9.99. The van der Waals surface area contributed by atoms with E-state index in [-0.39, 0.29) is 18.1 Å². The fourth-order valence-electron chi connectivity index (χ4n) is 1.10. The Morgan fingerprint density at radius 1 is 1.47 bits per heavy atom. The van der Waals surface area contributed by atoms with Crippen molar-refractivity contribution in [3.05, 3.63) is 0 Å². The maximum absolute atomic E-state index is 11.4. The van der Waals surface area contributed by atoms with Gasteiger partial charge in [0.1, 0.15) is 0 Å². The molecule has 0 aliphatic rings. The van der Waals surface area contributed by atoms with Gasteiger partial charge in [0.15, 0.2) is 0 Å². The zero-order valence-electron chi connectivity index (χ0n) is 9.99. The molecule has 0 bridgehead atoms. The minimum Gasteiger partial charge on any atom is -0.393 e. The predicted molar refractivity (Wildman–Crippen MR) is 61.4 cm³/mol. The van der Waals surface area contributed by atoms with Crippen LogP contribution >= 0.6 is 0 Å². The topological polar surface area (TPSA) is 75.3 Å². The first-order valence-corrected chi connectivity index (χ1v) is 5.67. The van der Waals surface area contributed by atoms with Crippen molar-refractivity contribution in [2.45, 2.75) is 52.2 Å². The number of nitrogens with two attached hydrogens (primary N) is 1. The van der Waals surface area contributed by atoms with Crippen molar-refractivity contribution in [3.8, 4) is 0 Å². The van der Waals surface area contributed by atoms with Crippen LogP contribution in [-0.2, 0) is 4.79 Å². The molecule has 15 heavy (non-hydrogen) atoms. The summed E-state index contributed by atoms with van der Waals surface area (Å²) in [6.07, 6.45) is 1.38. The average molecular weight is 216 g/mol. The summed E-state index contributed by atoms with van der Waals surface area (Å²) in [5.74, 6) is 0.288. The molecule has 0 fully saturated rings. The number of rotatable bonds is 7. The Hall–Kier alpha value is -0.610. The monoisotopic (exact) mass is 216 g/mol. The lowest BCUT2D eigenvalue weighted by Crippen LogP contribution is -2.35. The smallest absolute Gasteiger partial charge is 0.221 e. The number of nitrogens with one attached hydrogen (secondary N) is 1. The molecule has 0 aromatic heterocycles. The average Bonchev–Trinajstić information content (AvgIpc) is 2.17. The van der Waals surface area contributed by atoms with Crippen LogP contribution in [0.2, 0.25) is 0 Å². The molecule has 0 spiro atoms. The van der Waals surface area contributed by atoms with E-state index in [1.54, 1.807) is 0 Å². The van der Waals surface area contributed by atoms with Crippen LogP contribution in [-0.4, -0.2) is 29.7 Å². The molecular weight excluding hydrogens is 192 g/mol. The molecule has 0 aromatic rings. The Balaban J connectivity index is 3.58. The van der Waals surface area contributed by atoms with Crippen molar-refractivity contribution in [1.29, 1.82) is 0 Å². The lowest BCUT2D eigenvalue weighted by Gasteiger charge is -2.15. The molecular formula is C11H24N2O2. The number of aliphatic hydroxyl groups excluding tert-OH is 1. The number of hydrogen-bond acceptors (Lipinski definition) is 3. The largest absolute Gasteiger partial charge is 0.393 e. The summed E-state index contributed by atoms with van der Waals surface area (Å²) in [6.45, 7) is 6.44. The molecule has 0 saturated carbocycles. The molecule has 0 aliphatic heterocycles. The Bertz CT molecular complexity index is 183. The highest BCUT2D eigenvalue weighted by Gasteiger charge is 2.12. The zero-order chi connectivity index (χ0) is 11.8. The van der Waals surface area contributed by atoms with Crippen LogP contribution in [0.5, 0.6) is 0 Å². The molecule has 0 heterocycles. The van der Waals surface area contributed by atoms with Gasteiger partial charge in [-0.25, -0.2) is 0 Å². The number of aliphatic hydroxyl groups is 1. The highest BCUT2D eigenvalue weighted by atomic mass is 16.3. The first kappa shape index (κ1) is 14.4. The van der Waals surface area contributed by atoms with Crippen LogP contribution in [0.4, 0.5) is 0 Å². The van der Waals surface area contributed by atoms with E-state index in [4.69, 9.17) is 5.73 Å². The molecule has 0 saturated heterocycles. The first-order valence-electron chi connectivity index (χ1n) is 5.67. The van der Waals surface area contributed by atoms with Crippen molar-refractivity contribution in [1.82, 2.24) is 5.32 Å². The second kappa shape index (κ2) is 7.65. The standard InChI is InChI=1S/C11H24N2O2/c1-4-9(14)5-6-13-11(15)7-10(12)8(2)3/h8-10,14H,4-7,12H2,1-3H3,(H,13,15). The normalized spacial score (nSPS) is 15.1. The van der Waals surface area contributed by atoms with E-state index in [1.807, 2.05) is 20.8 Å². The summed E-state index contributed by atoms with van der Waals surface area (Å²) in [4.78, 5) is 11.4. The molecule has 0 rings (SSSR count). The lowest BCUT2D eigenvalue weighted by molar-refractivity contribution is -0.121. The molecule has 4 nitrogen and oxygen atoms in total. The minimum atomic E-state index is -0.316. The van der Waals surface area contributed by atoms with Gasteiger partial charge in [0.25, 0.3) is 0 Å². The van der Waals surface area contributed by atoms with E-state index in [2.05, 4.69) is 5.32 Å². The molecule has 4 heteroatoms. The van der Waals surface area contributed by atoms with Gasteiger partial charge in [0.05, 0.1) is 6.10 Å². The molecule has 4 N–H and O–H groups in total. The third kappa shape index (κ3) is 7.33. The summed E-state index contributed by atoms with van der Waals surface area (Å²) in [5, 5.41) is 12.0. The highest BCUT2D eigenvalue weighted by molar-refractivity contribution is 5.76. The Morgan fingerprint density at radius 2 is 2.07 bits per heavy atom. The molecule has 2 atom stereocenters. The van der Waals surface area contributed by atoms with Crippen molar-refractivity contribution >= 4 is 5.91 Å². The first-order chi connectivity index (χ1) is 6.97. The van der Waals surface area contributed by atoms with Gasteiger partial charge in [-0.2, -0.15) is 0 Å². The summed E-state index contributed by atoms with van der Waals surface area (Å²) in [5.41, 5.74) is 5.76. The molecule has 1 amide bonds. The Morgan fingerprint density at radius 3 is 2.53 bits per heavy atom. The van der Waals surface area contributed by atoms with Gasteiger partial charge in [0, 0.05) is 19.0 Å². The van der Waals surface area contributed by atoms with Gasteiger partial charge >= 0.3 is 0 Å². The van der Waals surface area contributed by atoms with Crippen molar-refractivity contribution in [2.24, 2.45) is 11.7 Å². The number of carbonyl (C=O) groups excluding carboxylic acids is 1. The van der Waals surface area contributed by atoms with Crippen LogP contribution in [0.15, 0.2) is 0 Å². The molecule has 0 radical (unpaired) electrons. The van der Waals surface area contributed by atoms with Gasteiger partial charge in [0.2, 0.25) is 5.91 Å². The Labute approximate surface area is 92.2 Å². The van der Waals surface area contributed by atoms with E-state index in [0.29, 0.717) is 25.3 Å². The van der Waals surface area contributed by atoms with Crippen LogP contribution in [0, 0.1) is 5.92 Å². The summed E-state index contributed by atoms with van der Waals surface area (Å²) in [6, 6.07) is -0.0823. The fraction of sp³-hybridized carbons (Fsp3) is 0.909. The van der Waals surface area contributed by atoms with E-state index in [9.17, 15) is 9.90 Å². The molecule has 2 unspecified atom stereocenters. The van der Waals surface area contributed by atoms with Crippen LogP contribution in [0.3, 0.4) is 0 Å². The predicted octanol–water partition coefficient (Wildman–Crippen LogP) is 0.637. The van der Waals surface area contributed by atoms with E-state index in [0.717, 1.165) is 6.42 Å². The lowest BCUT2D eigenvalue weighted by atomic mass is 10.0. The number of carbonyl (C=O) groups is 1. The van der Waals surface area contributed by atoms with Gasteiger partial charge in [-0.1, -0.05) is 20.8 Å². The summed E-state index contributed by atoms with van der Waals surface area (Å²) >= 11 is 0. The van der Waals surface area contributed by atoms with Crippen LogP contribution in [0.1, 0.15) is 40.0 Å². The highest BCUT2D eigenvalue weighted by Crippen LogP contribution is 2.02. The fourth-order valence-corrected chi connectivity index (χ4v) is 1.10. The van der Waals surface area contributed by atoms with Gasteiger partial charge < -0.3 is 16.2 Å².